The zero-order valence-electron chi connectivity index (χ0n) is 21.2. The van der Waals surface area contributed by atoms with Gasteiger partial charge in [-0.2, -0.15) is 10.2 Å². The van der Waals surface area contributed by atoms with Crippen LogP contribution in [0.2, 0.25) is 0 Å². The minimum atomic E-state index is -0.0861. The number of aromatic nitrogens is 6. The van der Waals surface area contributed by atoms with Gasteiger partial charge in [0.2, 0.25) is 11.8 Å². The maximum Gasteiger partial charge on any atom is 0.240 e. The van der Waals surface area contributed by atoms with Gasteiger partial charge in [-0.05, 0) is 50.2 Å². The van der Waals surface area contributed by atoms with Crippen LogP contribution in [-0.2, 0) is 20.1 Å². The summed E-state index contributed by atoms with van der Waals surface area (Å²) in [5, 5.41) is 27.6. The average Bonchev–Trinajstić information content (AvgIpc) is 3.53. The smallest absolute Gasteiger partial charge is 0.240 e. The molecule has 0 spiro atoms. The highest BCUT2D eigenvalue weighted by Crippen LogP contribution is 2.34. The zero-order chi connectivity index (χ0) is 25.2. The number of fused-ring (bicyclic) bond motifs is 4. The van der Waals surface area contributed by atoms with Crippen molar-refractivity contribution in [1.29, 1.82) is 0 Å². The fourth-order valence-electron chi connectivity index (χ4n) is 4.71. The van der Waals surface area contributed by atoms with Gasteiger partial charge in [0.15, 0.2) is 0 Å². The largest absolute Gasteiger partial charge is 0.476 e. The van der Waals surface area contributed by atoms with Crippen LogP contribution in [0.1, 0.15) is 37.7 Å². The molecule has 4 heterocycles. The van der Waals surface area contributed by atoms with Gasteiger partial charge in [-0.1, -0.05) is 13.0 Å². The van der Waals surface area contributed by atoms with Crippen molar-refractivity contribution >= 4 is 23.1 Å². The Morgan fingerprint density at radius 3 is 2.89 bits per heavy atom. The van der Waals surface area contributed by atoms with E-state index in [1.54, 1.807) is 4.68 Å². The zero-order valence-corrected chi connectivity index (χ0v) is 21.2. The minimum absolute atomic E-state index is 0.00884. The van der Waals surface area contributed by atoms with Crippen molar-refractivity contribution in [3.05, 3.63) is 41.3 Å². The third-order valence-corrected chi connectivity index (χ3v) is 6.50. The number of nitrogens with one attached hydrogen (secondary N) is 1. The van der Waals surface area contributed by atoms with Crippen LogP contribution in [0.3, 0.4) is 0 Å². The fourth-order valence-corrected chi connectivity index (χ4v) is 4.71. The summed E-state index contributed by atoms with van der Waals surface area (Å²) >= 11 is 0. The molecule has 0 saturated heterocycles. The van der Waals surface area contributed by atoms with Gasteiger partial charge in [-0.3, -0.25) is 14.7 Å². The Bertz CT molecular complexity index is 1380. The molecule has 4 aromatic rings. The van der Waals surface area contributed by atoms with Crippen LogP contribution in [0.15, 0.2) is 24.4 Å². The number of rotatable bonds is 5. The van der Waals surface area contributed by atoms with Crippen molar-refractivity contribution < 1.29 is 14.6 Å². The Hall–Kier alpha value is -3.63. The molecule has 1 aliphatic rings. The molecule has 1 aromatic carbocycles. The van der Waals surface area contributed by atoms with E-state index in [2.05, 4.69) is 51.3 Å². The van der Waals surface area contributed by atoms with Gasteiger partial charge in [0, 0.05) is 25.5 Å². The molecule has 0 saturated carbocycles. The number of likely N-dealkylation sites (N-methyl/N-ethyl adjacent to an activating group) is 1. The van der Waals surface area contributed by atoms with Gasteiger partial charge in [-0.25, -0.2) is 4.68 Å². The molecule has 0 amide bonds. The maximum absolute atomic E-state index is 9.71. The third-order valence-electron chi connectivity index (χ3n) is 6.50. The van der Waals surface area contributed by atoms with Gasteiger partial charge in [0.1, 0.15) is 6.10 Å². The van der Waals surface area contributed by atoms with Crippen molar-refractivity contribution in [1.82, 2.24) is 34.7 Å². The fraction of sp³-hybridized carbons (Fsp3) is 0.423. The topological polar surface area (TPSA) is 106 Å². The summed E-state index contributed by atoms with van der Waals surface area (Å²) in [5.41, 5.74) is 5.60. The normalized spacial score (nSPS) is 17.3. The van der Waals surface area contributed by atoms with Gasteiger partial charge in [0.05, 0.1) is 54.0 Å². The van der Waals surface area contributed by atoms with E-state index in [0.717, 1.165) is 51.4 Å². The highest BCUT2D eigenvalue weighted by molar-refractivity contribution is 5.93. The molecular weight excluding hydrogens is 458 g/mol. The van der Waals surface area contributed by atoms with E-state index >= 15 is 0 Å². The van der Waals surface area contributed by atoms with E-state index in [-0.39, 0.29) is 12.7 Å². The van der Waals surface area contributed by atoms with E-state index < -0.39 is 0 Å². The average molecular weight is 492 g/mol. The summed E-state index contributed by atoms with van der Waals surface area (Å²) in [6.07, 6.45) is 5.78. The third kappa shape index (κ3) is 4.49. The lowest BCUT2D eigenvalue weighted by atomic mass is 10.1. The predicted molar refractivity (Wildman–Crippen MR) is 139 cm³/mol. The first-order valence-electron chi connectivity index (χ1n) is 12.4. The van der Waals surface area contributed by atoms with Crippen molar-refractivity contribution in [3.63, 3.8) is 0 Å². The number of benzene rings is 1. The number of aromatic amines is 1. The van der Waals surface area contributed by atoms with Crippen molar-refractivity contribution in [3.8, 4) is 22.9 Å². The molecule has 3 aromatic heterocycles. The summed E-state index contributed by atoms with van der Waals surface area (Å²) in [6, 6.07) is 6.20. The second kappa shape index (κ2) is 10.2. The molecule has 1 atom stereocenters. The quantitative estimate of drug-likeness (QED) is 0.441. The molecule has 2 N–H and O–H groups in total. The standard InChI is InChI=1S/C26H33N7O3/c1-5-32-15-17(3)36-26-21(14-27-31(26)4)18-7-9-22-20(13-18)23(29-28-22)10-8-19-24(16-32)33(11-12-34)30-25(19)35-6-2/h7-10,13-14,17,34H,5-6,11-12,15-16H2,1-4H3,(H,28,29)/b10-8+/t17-/m0/s1. The van der Waals surface area contributed by atoms with Crippen LogP contribution in [0.4, 0.5) is 0 Å². The molecule has 36 heavy (non-hydrogen) atoms. The Morgan fingerprint density at radius 1 is 1.25 bits per heavy atom. The van der Waals surface area contributed by atoms with Crippen molar-refractivity contribution in [2.75, 3.05) is 26.3 Å². The lowest BCUT2D eigenvalue weighted by Crippen LogP contribution is -2.34. The van der Waals surface area contributed by atoms with Crippen LogP contribution in [0.5, 0.6) is 11.8 Å². The van der Waals surface area contributed by atoms with E-state index in [0.29, 0.717) is 32.1 Å². The second-order valence-corrected chi connectivity index (χ2v) is 8.99. The predicted octanol–water partition coefficient (Wildman–Crippen LogP) is 3.32. The lowest BCUT2D eigenvalue weighted by Gasteiger charge is -2.25. The molecule has 0 aliphatic carbocycles. The second-order valence-electron chi connectivity index (χ2n) is 8.99. The van der Waals surface area contributed by atoms with E-state index in [9.17, 15) is 5.11 Å². The number of aliphatic hydroxyl groups is 1. The van der Waals surface area contributed by atoms with Gasteiger partial charge >= 0.3 is 0 Å². The highest BCUT2D eigenvalue weighted by Gasteiger charge is 2.23. The summed E-state index contributed by atoms with van der Waals surface area (Å²) in [5.74, 6) is 1.29. The molecule has 190 valence electrons. The summed E-state index contributed by atoms with van der Waals surface area (Å²) < 4.78 is 16.0. The van der Waals surface area contributed by atoms with E-state index in [1.165, 1.54) is 0 Å². The SMILES string of the molecule is CCOc1nn(CCO)c2c1/C=C/c1n[nH]c3ccc(cc13)-c1cnn(C)c1O[C@@H](C)CN(CC)C2. The number of aryl methyl sites for hydroxylation is 1. The molecule has 1 aliphatic heterocycles. The van der Waals surface area contributed by atoms with Crippen LogP contribution in [0.25, 0.3) is 34.2 Å². The molecule has 2 bridgehead atoms. The molecule has 10 nitrogen and oxygen atoms in total. The van der Waals surface area contributed by atoms with Gasteiger partial charge < -0.3 is 14.6 Å². The van der Waals surface area contributed by atoms with Gasteiger partial charge in [-0.15, -0.1) is 5.10 Å². The van der Waals surface area contributed by atoms with Crippen molar-refractivity contribution in [2.45, 2.75) is 40.0 Å². The van der Waals surface area contributed by atoms with Crippen molar-refractivity contribution in [2.24, 2.45) is 7.05 Å². The first kappa shape index (κ1) is 24.1. The van der Waals surface area contributed by atoms with E-state index in [1.807, 2.05) is 43.1 Å². The number of H-pyrrole nitrogens is 1. The molecule has 5 rings (SSSR count). The Labute approximate surface area is 210 Å². The Kier molecular flexibility index (Phi) is 6.80. The first-order valence-corrected chi connectivity index (χ1v) is 12.4. The number of hydrogen-bond donors (Lipinski definition) is 2. The molecular formula is C26H33N7O3. The minimum Gasteiger partial charge on any atom is -0.476 e. The Balaban J connectivity index is 1.69. The number of hydrogen-bond acceptors (Lipinski definition) is 7. The molecule has 0 fully saturated rings. The summed E-state index contributed by atoms with van der Waals surface area (Å²) in [4.78, 5) is 2.31. The lowest BCUT2D eigenvalue weighted by molar-refractivity contribution is 0.133. The maximum atomic E-state index is 9.71. The first-order chi connectivity index (χ1) is 17.5. The van der Waals surface area contributed by atoms with Crippen LogP contribution < -0.4 is 9.47 Å². The van der Waals surface area contributed by atoms with Gasteiger partial charge in [0.25, 0.3) is 0 Å². The molecule has 10 heteroatoms. The highest BCUT2D eigenvalue weighted by atomic mass is 16.5. The number of nitrogens with zero attached hydrogens (tertiary/aromatic N) is 6. The molecule has 0 unspecified atom stereocenters. The Morgan fingerprint density at radius 2 is 2.11 bits per heavy atom. The van der Waals surface area contributed by atoms with E-state index in [4.69, 9.17) is 9.47 Å². The van der Waals surface area contributed by atoms with Crippen LogP contribution >= 0.6 is 0 Å². The number of aliphatic hydroxyl groups excluding tert-OH is 1. The summed E-state index contributed by atoms with van der Waals surface area (Å²) in [6.45, 7) is 9.20. The molecule has 0 radical (unpaired) electrons. The summed E-state index contributed by atoms with van der Waals surface area (Å²) in [7, 11) is 1.90. The monoisotopic (exact) mass is 491 g/mol. The van der Waals surface area contributed by atoms with Crippen LogP contribution in [-0.4, -0.2) is 72.2 Å². The number of ether oxygens (including phenoxy) is 2. The van der Waals surface area contributed by atoms with Crippen LogP contribution in [0, 0.1) is 0 Å².